The highest BCUT2D eigenvalue weighted by Gasteiger charge is 2.14. The van der Waals surface area contributed by atoms with Gasteiger partial charge >= 0.3 is 0 Å². The second-order valence-electron chi connectivity index (χ2n) is 6.26. The molecule has 2 heterocycles. The van der Waals surface area contributed by atoms with Gasteiger partial charge in [-0.2, -0.15) is 0 Å². The summed E-state index contributed by atoms with van der Waals surface area (Å²) in [6.07, 6.45) is 0. The van der Waals surface area contributed by atoms with Crippen LogP contribution >= 0.6 is 0 Å². The molecule has 0 unspecified atom stereocenters. The number of nitrogens with zero attached hydrogens (tertiary/aromatic N) is 3. The van der Waals surface area contributed by atoms with Gasteiger partial charge < -0.3 is 24.7 Å². The summed E-state index contributed by atoms with van der Waals surface area (Å²) in [7, 11) is 1.76. The molecule has 140 valence electrons. The Balaban J connectivity index is 1.58. The standard InChI is InChI=1S/C19H27N5O2/c1-14-15(2)26-18(23-14)13-22-19(20-3)21-12-16-6-4-5-7-17(16)24-8-10-25-11-9-24/h4-7H,8-13H2,1-3H3,(H2,20,21,22). The van der Waals surface area contributed by atoms with Crippen molar-refractivity contribution in [2.24, 2.45) is 4.99 Å². The summed E-state index contributed by atoms with van der Waals surface area (Å²) in [6.45, 7) is 8.45. The van der Waals surface area contributed by atoms with E-state index < -0.39 is 0 Å². The quantitative estimate of drug-likeness (QED) is 0.630. The Hall–Kier alpha value is -2.54. The van der Waals surface area contributed by atoms with Crippen LogP contribution in [0, 0.1) is 13.8 Å². The van der Waals surface area contributed by atoms with E-state index in [1.165, 1.54) is 11.3 Å². The summed E-state index contributed by atoms with van der Waals surface area (Å²) < 4.78 is 11.1. The largest absolute Gasteiger partial charge is 0.444 e. The lowest BCUT2D eigenvalue weighted by atomic mass is 10.1. The Morgan fingerprint density at radius 2 is 1.88 bits per heavy atom. The van der Waals surface area contributed by atoms with Crippen molar-refractivity contribution in [3.05, 3.63) is 47.2 Å². The molecule has 2 N–H and O–H groups in total. The van der Waals surface area contributed by atoms with Crippen LogP contribution in [-0.2, 0) is 17.8 Å². The lowest BCUT2D eigenvalue weighted by molar-refractivity contribution is 0.122. The van der Waals surface area contributed by atoms with E-state index in [1.54, 1.807) is 7.05 Å². The van der Waals surface area contributed by atoms with Gasteiger partial charge in [0, 0.05) is 32.4 Å². The first kappa shape index (κ1) is 18.3. The maximum Gasteiger partial charge on any atom is 0.214 e. The molecular formula is C19H27N5O2. The smallest absolute Gasteiger partial charge is 0.214 e. The molecule has 0 amide bonds. The average molecular weight is 357 g/mol. The second kappa shape index (κ2) is 8.71. The molecule has 0 bridgehead atoms. The first-order valence-corrected chi connectivity index (χ1v) is 8.95. The summed E-state index contributed by atoms with van der Waals surface area (Å²) in [4.78, 5) is 11.0. The third kappa shape index (κ3) is 4.54. The van der Waals surface area contributed by atoms with E-state index in [9.17, 15) is 0 Å². The highest BCUT2D eigenvalue weighted by atomic mass is 16.5. The number of aryl methyl sites for hydroxylation is 2. The zero-order valence-electron chi connectivity index (χ0n) is 15.7. The fraction of sp³-hybridized carbons (Fsp3) is 0.474. The molecule has 1 aliphatic rings. The van der Waals surface area contributed by atoms with Crippen molar-refractivity contribution in [3.8, 4) is 0 Å². The number of nitrogens with one attached hydrogen (secondary N) is 2. The van der Waals surface area contributed by atoms with Crippen LogP contribution in [0.5, 0.6) is 0 Å². The average Bonchev–Trinajstić information content (AvgIpc) is 3.00. The van der Waals surface area contributed by atoms with Crippen LogP contribution in [0.2, 0.25) is 0 Å². The molecule has 0 saturated carbocycles. The molecule has 0 radical (unpaired) electrons. The van der Waals surface area contributed by atoms with Gasteiger partial charge in [-0.3, -0.25) is 4.99 Å². The number of aromatic nitrogens is 1. The number of anilines is 1. The first-order chi connectivity index (χ1) is 12.7. The highest BCUT2D eigenvalue weighted by molar-refractivity contribution is 5.79. The highest BCUT2D eigenvalue weighted by Crippen LogP contribution is 2.21. The normalized spacial score (nSPS) is 15.2. The van der Waals surface area contributed by atoms with Crippen LogP contribution in [-0.4, -0.2) is 44.3 Å². The van der Waals surface area contributed by atoms with Gasteiger partial charge in [0.2, 0.25) is 5.89 Å². The van der Waals surface area contributed by atoms with Crippen LogP contribution in [0.4, 0.5) is 5.69 Å². The molecule has 1 saturated heterocycles. The van der Waals surface area contributed by atoms with Gasteiger partial charge in [0.05, 0.1) is 25.5 Å². The van der Waals surface area contributed by atoms with Crippen molar-refractivity contribution in [2.45, 2.75) is 26.9 Å². The van der Waals surface area contributed by atoms with Crippen molar-refractivity contribution >= 4 is 11.6 Å². The van der Waals surface area contributed by atoms with E-state index in [1.807, 2.05) is 13.8 Å². The third-order valence-electron chi connectivity index (χ3n) is 4.49. The second-order valence-corrected chi connectivity index (χ2v) is 6.26. The molecule has 26 heavy (non-hydrogen) atoms. The number of morpholine rings is 1. The maximum atomic E-state index is 5.60. The van der Waals surface area contributed by atoms with Gasteiger partial charge in [0.1, 0.15) is 5.76 Å². The topological polar surface area (TPSA) is 74.9 Å². The van der Waals surface area contributed by atoms with E-state index in [2.05, 4.69) is 49.8 Å². The molecule has 0 spiro atoms. The number of oxazole rings is 1. The van der Waals surface area contributed by atoms with Crippen LogP contribution < -0.4 is 15.5 Å². The molecule has 0 aliphatic carbocycles. The van der Waals surface area contributed by atoms with Gasteiger partial charge in [-0.15, -0.1) is 0 Å². The molecule has 1 fully saturated rings. The molecule has 1 aliphatic heterocycles. The fourth-order valence-corrected chi connectivity index (χ4v) is 2.95. The van der Waals surface area contributed by atoms with E-state index in [0.717, 1.165) is 43.7 Å². The number of para-hydroxylation sites is 1. The van der Waals surface area contributed by atoms with E-state index >= 15 is 0 Å². The molecule has 0 atom stereocenters. The fourth-order valence-electron chi connectivity index (χ4n) is 2.95. The molecule has 2 aromatic rings. The number of benzene rings is 1. The summed E-state index contributed by atoms with van der Waals surface area (Å²) in [5, 5.41) is 6.61. The molecule has 7 nitrogen and oxygen atoms in total. The van der Waals surface area contributed by atoms with Crippen molar-refractivity contribution in [1.29, 1.82) is 0 Å². The van der Waals surface area contributed by atoms with Crippen molar-refractivity contribution in [3.63, 3.8) is 0 Å². The molecule has 7 heteroatoms. The van der Waals surface area contributed by atoms with Gasteiger partial charge in [-0.1, -0.05) is 18.2 Å². The lowest BCUT2D eigenvalue weighted by Crippen LogP contribution is -2.39. The minimum absolute atomic E-state index is 0.499. The summed E-state index contributed by atoms with van der Waals surface area (Å²) in [6, 6.07) is 8.45. The van der Waals surface area contributed by atoms with Gasteiger partial charge in [0.25, 0.3) is 0 Å². The summed E-state index contributed by atoms with van der Waals surface area (Å²) in [5.41, 5.74) is 3.40. The third-order valence-corrected chi connectivity index (χ3v) is 4.49. The van der Waals surface area contributed by atoms with Crippen molar-refractivity contribution < 1.29 is 9.15 Å². The molecular weight excluding hydrogens is 330 g/mol. The zero-order chi connectivity index (χ0) is 18.4. The predicted octanol–water partition coefficient (Wildman–Crippen LogP) is 1.99. The zero-order valence-corrected chi connectivity index (χ0v) is 15.7. The minimum Gasteiger partial charge on any atom is -0.444 e. The Morgan fingerprint density at radius 3 is 2.58 bits per heavy atom. The Labute approximate surface area is 154 Å². The van der Waals surface area contributed by atoms with Gasteiger partial charge in [-0.25, -0.2) is 4.98 Å². The van der Waals surface area contributed by atoms with E-state index in [0.29, 0.717) is 19.0 Å². The maximum absolute atomic E-state index is 5.60. The number of hydrogen-bond acceptors (Lipinski definition) is 5. The van der Waals surface area contributed by atoms with E-state index in [-0.39, 0.29) is 0 Å². The van der Waals surface area contributed by atoms with Crippen LogP contribution in [0.25, 0.3) is 0 Å². The van der Waals surface area contributed by atoms with Crippen LogP contribution in [0.1, 0.15) is 22.9 Å². The molecule has 1 aromatic heterocycles. The predicted molar refractivity (Wildman–Crippen MR) is 102 cm³/mol. The van der Waals surface area contributed by atoms with Gasteiger partial charge in [-0.05, 0) is 25.5 Å². The Morgan fingerprint density at radius 1 is 1.15 bits per heavy atom. The van der Waals surface area contributed by atoms with E-state index in [4.69, 9.17) is 9.15 Å². The SMILES string of the molecule is CN=C(NCc1nc(C)c(C)o1)NCc1ccccc1N1CCOCC1. The molecule has 3 rings (SSSR count). The lowest BCUT2D eigenvalue weighted by Gasteiger charge is -2.30. The Bertz CT molecular complexity index is 731. The minimum atomic E-state index is 0.499. The Kier molecular flexibility index (Phi) is 6.12. The first-order valence-electron chi connectivity index (χ1n) is 8.95. The number of hydrogen-bond donors (Lipinski definition) is 2. The number of guanidine groups is 1. The number of rotatable bonds is 5. The van der Waals surface area contributed by atoms with Crippen molar-refractivity contribution in [1.82, 2.24) is 15.6 Å². The number of aliphatic imine (C=N–C) groups is 1. The van der Waals surface area contributed by atoms with Crippen LogP contribution in [0.3, 0.4) is 0 Å². The summed E-state index contributed by atoms with van der Waals surface area (Å²) in [5.74, 6) is 2.23. The van der Waals surface area contributed by atoms with Gasteiger partial charge in [0.15, 0.2) is 5.96 Å². The summed E-state index contributed by atoms with van der Waals surface area (Å²) >= 11 is 0. The number of ether oxygens (including phenoxy) is 1. The monoisotopic (exact) mass is 357 g/mol. The van der Waals surface area contributed by atoms with Crippen molar-refractivity contribution in [2.75, 3.05) is 38.3 Å². The van der Waals surface area contributed by atoms with Crippen LogP contribution in [0.15, 0.2) is 33.7 Å². The molecule has 1 aromatic carbocycles.